The van der Waals surface area contributed by atoms with Gasteiger partial charge in [-0.05, 0) is 5.92 Å². The van der Waals surface area contributed by atoms with E-state index in [1.165, 1.54) is 4.57 Å². The molecule has 1 aliphatic heterocycles. The number of carboxylic acid groups (broad SMARTS) is 1. The molecule has 18 heavy (non-hydrogen) atoms. The van der Waals surface area contributed by atoms with Crippen molar-refractivity contribution < 1.29 is 14.7 Å². The van der Waals surface area contributed by atoms with Crippen LogP contribution in [0.1, 0.15) is 30.8 Å². The molecule has 0 aliphatic carbocycles. The molecular weight excluding hydrogens is 234 g/mol. The third kappa shape index (κ3) is 1.83. The smallest absolute Gasteiger partial charge is 0.354 e. The van der Waals surface area contributed by atoms with Crippen LogP contribution in [0.25, 0.3) is 0 Å². The van der Waals surface area contributed by atoms with Crippen LogP contribution in [0, 0.1) is 5.92 Å². The lowest BCUT2D eigenvalue weighted by Crippen LogP contribution is -2.43. The van der Waals surface area contributed by atoms with Crippen LogP contribution >= 0.6 is 0 Å². The highest BCUT2D eigenvalue weighted by Crippen LogP contribution is 2.33. The Morgan fingerprint density at radius 2 is 2.28 bits per heavy atom. The molecule has 1 amide bonds. The predicted octanol–water partition coefficient (Wildman–Crippen LogP) is 1.50. The molecule has 0 spiro atoms. The van der Waals surface area contributed by atoms with Gasteiger partial charge in [0.15, 0.2) is 5.69 Å². The minimum Gasteiger partial charge on any atom is -0.477 e. The number of carbonyl (C=O) groups excluding carboxylic acids is 1. The monoisotopic (exact) mass is 251 g/mol. The molecule has 6 heteroatoms. The Bertz CT molecular complexity index is 507. The van der Waals surface area contributed by atoms with Crippen molar-refractivity contribution in [1.82, 2.24) is 4.57 Å². The number of nitrogens with one attached hydrogen (secondary N) is 2. The number of aryl methyl sites for hydroxylation is 1. The summed E-state index contributed by atoms with van der Waals surface area (Å²) >= 11 is 0. The van der Waals surface area contributed by atoms with Crippen LogP contribution in [0.5, 0.6) is 0 Å². The van der Waals surface area contributed by atoms with E-state index in [0.29, 0.717) is 11.4 Å². The summed E-state index contributed by atoms with van der Waals surface area (Å²) in [7, 11) is 1.65. The van der Waals surface area contributed by atoms with Gasteiger partial charge in [-0.2, -0.15) is 0 Å². The van der Waals surface area contributed by atoms with E-state index in [0.717, 1.165) is 6.42 Å². The van der Waals surface area contributed by atoms with Gasteiger partial charge in [0.2, 0.25) is 5.91 Å². The van der Waals surface area contributed by atoms with Crippen LogP contribution < -0.4 is 10.6 Å². The summed E-state index contributed by atoms with van der Waals surface area (Å²) < 4.78 is 1.50. The lowest BCUT2D eigenvalue weighted by Gasteiger charge is -2.28. The molecule has 6 nitrogen and oxygen atoms in total. The van der Waals surface area contributed by atoms with Crippen LogP contribution in [0.3, 0.4) is 0 Å². The topological polar surface area (TPSA) is 83.4 Å². The first-order chi connectivity index (χ1) is 8.45. The van der Waals surface area contributed by atoms with Gasteiger partial charge in [0.05, 0.1) is 11.4 Å². The van der Waals surface area contributed by atoms with E-state index in [9.17, 15) is 9.59 Å². The largest absolute Gasteiger partial charge is 0.477 e. The van der Waals surface area contributed by atoms with Crippen molar-refractivity contribution in [2.45, 2.75) is 26.3 Å². The molecule has 2 heterocycles. The van der Waals surface area contributed by atoms with Gasteiger partial charge in [-0.15, -0.1) is 0 Å². The van der Waals surface area contributed by atoms with E-state index in [2.05, 4.69) is 10.6 Å². The van der Waals surface area contributed by atoms with E-state index in [4.69, 9.17) is 5.11 Å². The molecule has 0 aromatic carbocycles. The van der Waals surface area contributed by atoms with Crippen LogP contribution in [-0.4, -0.2) is 27.6 Å². The fourth-order valence-electron chi connectivity index (χ4n) is 2.19. The average Bonchev–Trinajstić information content (AvgIpc) is 2.62. The number of aromatic nitrogens is 1. The standard InChI is InChI=1S/C12H17N3O3/c1-4-6(2)8-11(16)14-9-7(13-8)5-15(3)10(9)12(17)18/h5-6,8,13H,4H2,1-3H3,(H,14,16)(H,17,18)/t6-,8-/m0/s1. The molecule has 1 aromatic heterocycles. The SMILES string of the molecule is CC[C@H](C)[C@@H]1Nc2cn(C)c(C(=O)O)c2NC1=O. The number of amides is 1. The Morgan fingerprint density at radius 3 is 2.83 bits per heavy atom. The molecule has 2 rings (SSSR count). The third-order valence-electron chi connectivity index (χ3n) is 3.44. The van der Waals surface area contributed by atoms with Crippen molar-refractivity contribution in [2.75, 3.05) is 10.6 Å². The number of hydrogen-bond acceptors (Lipinski definition) is 3. The number of carboxylic acids is 1. The summed E-state index contributed by atoms with van der Waals surface area (Å²) in [6, 6.07) is -0.313. The van der Waals surface area contributed by atoms with Gasteiger partial charge >= 0.3 is 5.97 Å². The van der Waals surface area contributed by atoms with Crippen molar-refractivity contribution in [3.63, 3.8) is 0 Å². The lowest BCUT2D eigenvalue weighted by atomic mass is 9.96. The summed E-state index contributed by atoms with van der Waals surface area (Å²) in [4.78, 5) is 23.1. The highest BCUT2D eigenvalue weighted by molar-refractivity contribution is 6.09. The second-order valence-corrected chi connectivity index (χ2v) is 4.68. The molecule has 0 unspecified atom stereocenters. The van der Waals surface area contributed by atoms with Gasteiger partial charge in [0.25, 0.3) is 0 Å². The fraction of sp³-hybridized carbons (Fsp3) is 0.500. The molecule has 0 saturated heterocycles. The first-order valence-corrected chi connectivity index (χ1v) is 5.95. The number of carbonyl (C=O) groups is 2. The van der Waals surface area contributed by atoms with Crippen LogP contribution in [0.2, 0.25) is 0 Å². The quantitative estimate of drug-likeness (QED) is 0.760. The molecule has 0 radical (unpaired) electrons. The normalized spacial score (nSPS) is 19.7. The number of hydrogen-bond donors (Lipinski definition) is 3. The summed E-state index contributed by atoms with van der Waals surface area (Å²) in [6.07, 6.45) is 2.56. The van der Waals surface area contributed by atoms with Crippen molar-refractivity contribution in [2.24, 2.45) is 13.0 Å². The summed E-state index contributed by atoms with van der Waals surface area (Å²) in [5, 5.41) is 14.9. The van der Waals surface area contributed by atoms with Gasteiger partial charge in [0.1, 0.15) is 6.04 Å². The van der Waals surface area contributed by atoms with Gasteiger partial charge in [-0.25, -0.2) is 4.79 Å². The third-order valence-corrected chi connectivity index (χ3v) is 3.44. The molecular formula is C12H17N3O3. The lowest BCUT2D eigenvalue weighted by molar-refractivity contribution is -0.118. The summed E-state index contributed by atoms with van der Waals surface area (Å²) in [5.74, 6) is -1.04. The van der Waals surface area contributed by atoms with Crippen molar-refractivity contribution in [3.05, 3.63) is 11.9 Å². The van der Waals surface area contributed by atoms with Gasteiger partial charge in [0, 0.05) is 13.2 Å². The average molecular weight is 251 g/mol. The molecule has 98 valence electrons. The Labute approximate surface area is 105 Å². The minimum absolute atomic E-state index is 0.0912. The summed E-state index contributed by atoms with van der Waals surface area (Å²) in [6.45, 7) is 4.01. The molecule has 0 fully saturated rings. The highest BCUT2D eigenvalue weighted by Gasteiger charge is 2.33. The molecule has 0 bridgehead atoms. The Morgan fingerprint density at radius 1 is 1.61 bits per heavy atom. The number of aromatic carboxylic acids is 1. The maximum atomic E-state index is 12.0. The number of anilines is 2. The number of nitrogens with zero attached hydrogens (tertiary/aromatic N) is 1. The predicted molar refractivity (Wildman–Crippen MR) is 67.9 cm³/mol. The molecule has 1 aliphatic rings. The fourth-order valence-corrected chi connectivity index (χ4v) is 2.19. The Hall–Kier alpha value is -1.98. The van der Waals surface area contributed by atoms with Crippen molar-refractivity contribution in [3.8, 4) is 0 Å². The van der Waals surface area contributed by atoms with Crippen molar-refractivity contribution >= 4 is 23.3 Å². The molecule has 2 atom stereocenters. The van der Waals surface area contributed by atoms with E-state index in [-0.39, 0.29) is 23.6 Å². The van der Waals surface area contributed by atoms with Gasteiger partial charge < -0.3 is 20.3 Å². The first-order valence-electron chi connectivity index (χ1n) is 5.95. The maximum Gasteiger partial charge on any atom is 0.354 e. The molecule has 0 saturated carbocycles. The van der Waals surface area contributed by atoms with Crippen molar-refractivity contribution in [1.29, 1.82) is 0 Å². The molecule has 1 aromatic rings. The zero-order valence-corrected chi connectivity index (χ0v) is 10.7. The second kappa shape index (κ2) is 4.36. The Balaban J connectivity index is 2.40. The van der Waals surface area contributed by atoms with E-state index in [1.54, 1.807) is 13.2 Å². The second-order valence-electron chi connectivity index (χ2n) is 4.68. The zero-order valence-electron chi connectivity index (χ0n) is 10.7. The molecule has 3 N–H and O–H groups in total. The zero-order chi connectivity index (χ0) is 13.4. The van der Waals surface area contributed by atoms with E-state index < -0.39 is 5.97 Å². The van der Waals surface area contributed by atoms with E-state index >= 15 is 0 Å². The maximum absolute atomic E-state index is 12.0. The highest BCUT2D eigenvalue weighted by atomic mass is 16.4. The first kappa shape index (κ1) is 12.5. The van der Waals surface area contributed by atoms with Gasteiger partial charge in [-0.1, -0.05) is 20.3 Å². The minimum atomic E-state index is -1.05. The number of fused-ring (bicyclic) bond motifs is 1. The summed E-state index contributed by atoms with van der Waals surface area (Å²) in [5.41, 5.74) is 1.11. The van der Waals surface area contributed by atoms with Crippen LogP contribution in [0.4, 0.5) is 11.4 Å². The Kier molecular flexibility index (Phi) is 3.02. The number of rotatable bonds is 3. The van der Waals surface area contributed by atoms with Gasteiger partial charge in [-0.3, -0.25) is 4.79 Å². The van der Waals surface area contributed by atoms with E-state index in [1.807, 2.05) is 13.8 Å². The van der Waals surface area contributed by atoms with Crippen LogP contribution in [0.15, 0.2) is 6.20 Å². The van der Waals surface area contributed by atoms with Crippen LogP contribution in [-0.2, 0) is 11.8 Å².